The Morgan fingerprint density at radius 3 is 2.64 bits per heavy atom. The maximum atomic E-state index is 11.2. The van der Waals surface area contributed by atoms with Crippen molar-refractivity contribution in [3.05, 3.63) is 0 Å². The van der Waals surface area contributed by atoms with E-state index in [9.17, 15) is 4.79 Å². The maximum absolute atomic E-state index is 11.2. The smallest absolute Gasteiger partial charge is 0.223 e. The van der Waals surface area contributed by atoms with Crippen molar-refractivity contribution in [1.82, 2.24) is 5.32 Å². The van der Waals surface area contributed by atoms with Gasteiger partial charge in [0, 0.05) is 19.0 Å². The first-order valence-corrected chi connectivity index (χ1v) is 4.32. The summed E-state index contributed by atoms with van der Waals surface area (Å²) in [6, 6.07) is 0. The first-order chi connectivity index (χ1) is 5.34. The van der Waals surface area contributed by atoms with Crippen LogP contribution in [0.5, 0.6) is 0 Å². The van der Waals surface area contributed by atoms with Crippen LogP contribution in [0.15, 0.2) is 0 Å². The van der Waals surface area contributed by atoms with Crippen molar-refractivity contribution in [3.8, 4) is 0 Å². The molecule has 1 fully saturated rings. The molecule has 0 aliphatic heterocycles. The Morgan fingerprint density at radius 2 is 2.09 bits per heavy atom. The second-order valence-electron chi connectivity index (χ2n) is 3.06. The molecule has 0 atom stereocenters. The van der Waals surface area contributed by atoms with Gasteiger partial charge in [-0.25, -0.2) is 0 Å². The molecular weight excluding hydrogens is 140 g/mol. The first-order valence-electron chi connectivity index (χ1n) is 4.32. The summed E-state index contributed by atoms with van der Waals surface area (Å²) in [6.07, 6.45) is 4.55. The maximum Gasteiger partial charge on any atom is 0.223 e. The van der Waals surface area contributed by atoms with Gasteiger partial charge in [0.15, 0.2) is 0 Å². The molecule has 3 N–H and O–H groups in total. The van der Waals surface area contributed by atoms with Gasteiger partial charge in [-0.2, -0.15) is 0 Å². The molecule has 3 nitrogen and oxygen atoms in total. The van der Waals surface area contributed by atoms with Gasteiger partial charge in [-0.3, -0.25) is 4.79 Å². The van der Waals surface area contributed by atoms with E-state index in [2.05, 4.69) is 5.32 Å². The van der Waals surface area contributed by atoms with Crippen molar-refractivity contribution in [2.24, 2.45) is 11.7 Å². The van der Waals surface area contributed by atoms with Gasteiger partial charge in [0.25, 0.3) is 0 Å². The summed E-state index contributed by atoms with van der Waals surface area (Å²) in [6.45, 7) is 1.16. The van der Waals surface area contributed by atoms with E-state index in [1.165, 1.54) is 12.8 Å². The molecule has 1 saturated carbocycles. The molecule has 0 radical (unpaired) electrons. The summed E-state index contributed by atoms with van der Waals surface area (Å²) in [5, 5.41) is 2.81. The van der Waals surface area contributed by atoms with E-state index in [-0.39, 0.29) is 11.8 Å². The molecule has 0 saturated heterocycles. The van der Waals surface area contributed by atoms with Gasteiger partial charge in [-0.1, -0.05) is 12.8 Å². The molecule has 1 rings (SSSR count). The minimum Gasteiger partial charge on any atom is -0.355 e. The average Bonchev–Trinajstić information content (AvgIpc) is 2.52. The molecule has 0 spiro atoms. The lowest BCUT2D eigenvalue weighted by Gasteiger charge is -2.08. The van der Waals surface area contributed by atoms with E-state index >= 15 is 0 Å². The molecule has 0 unspecified atom stereocenters. The van der Waals surface area contributed by atoms with Gasteiger partial charge in [0.2, 0.25) is 5.91 Å². The molecule has 64 valence electrons. The van der Waals surface area contributed by atoms with Crippen LogP contribution >= 0.6 is 0 Å². The predicted octanol–water partition coefficient (Wildman–Crippen LogP) is 0.251. The fourth-order valence-corrected chi connectivity index (χ4v) is 1.53. The number of hydrogen-bond acceptors (Lipinski definition) is 2. The lowest BCUT2D eigenvalue weighted by Crippen LogP contribution is -2.33. The van der Waals surface area contributed by atoms with Gasteiger partial charge in [-0.05, 0) is 12.8 Å². The van der Waals surface area contributed by atoms with E-state index in [4.69, 9.17) is 5.73 Å². The van der Waals surface area contributed by atoms with Crippen LogP contribution in [-0.2, 0) is 4.79 Å². The van der Waals surface area contributed by atoms with Crippen molar-refractivity contribution in [2.45, 2.75) is 25.7 Å². The van der Waals surface area contributed by atoms with Crippen molar-refractivity contribution >= 4 is 5.91 Å². The van der Waals surface area contributed by atoms with Gasteiger partial charge in [0.05, 0.1) is 0 Å². The number of nitrogens with one attached hydrogen (secondary N) is 1. The third-order valence-electron chi connectivity index (χ3n) is 2.17. The molecule has 1 aliphatic rings. The Bertz CT molecular complexity index is 130. The minimum atomic E-state index is 0.202. The molecular formula is C8H16N2O. The number of rotatable bonds is 3. The number of carbonyl (C=O) groups excluding carboxylic acids is 1. The fourth-order valence-electron chi connectivity index (χ4n) is 1.53. The van der Waals surface area contributed by atoms with Crippen LogP contribution in [0.25, 0.3) is 0 Å². The monoisotopic (exact) mass is 156 g/mol. The Morgan fingerprint density at radius 1 is 1.45 bits per heavy atom. The van der Waals surface area contributed by atoms with Crippen LogP contribution in [0.3, 0.4) is 0 Å². The highest BCUT2D eigenvalue weighted by atomic mass is 16.1. The highest BCUT2D eigenvalue weighted by Crippen LogP contribution is 2.24. The van der Waals surface area contributed by atoms with Gasteiger partial charge in [-0.15, -0.1) is 0 Å². The van der Waals surface area contributed by atoms with E-state index < -0.39 is 0 Å². The molecule has 0 aromatic carbocycles. The topological polar surface area (TPSA) is 55.1 Å². The molecule has 0 aromatic rings. The summed E-state index contributed by atoms with van der Waals surface area (Å²) in [5.74, 6) is 0.481. The summed E-state index contributed by atoms with van der Waals surface area (Å²) in [5.41, 5.74) is 5.26. The molecule has 0 heterocycles. The average molecular weight is 156 g/mol. The standard InChI is InChI=1S/C8H16N2O/c9-5-6-10-8(11)7-3-1-2-4-7/h7H,1-6,9H2,(H,10,11). The van der Waals surface area contributed by atoms with Gasteiger partial charge < -0.3 is 11.1 Å². The zero-order valence-electron chi connectivity index (χ0n) is 6.81. The van der Waals surface area contributed by atoms with E-state index in [1.807, 2.05) is 0 Å². The Labute approximate surface area is 67.3 Å². The van der Waals surface area contributed by atoms with Crippen LogP contribution in [-0.4, -0.2) is 19.0 Å². The lowest BCUT2D eigenvalue weighted by atomic mass is 10.1. The van der Waals surface area contributed by atoms with E-state index in [0.717, 1.165) is 12.8 Å². The third kappa shape index (κ3) is 2.50. The number of amides is 1. The quantitative estimate of drug-likeness (QED) is 0.615. The SMILES string of the molecule is NCCNC(=O)C1CCCC1. The third-order valence-corrected chi connectivity index (χ3v) is 2.17. The first kappa shape index (κ1) is 8.53. The zero-order valence-corrected chi connectivity index (χ0v) is 6.81. The van der Waals surface area contributed by atoms with Crippen LogP contribution in [0.4, 0.5) is 0 Å². The number of hydrogen-bond donors (Lipinski definition) is 2. The lowest BCUT2D eigenvalue weighted by molar-refractivity contribution is -0.124. The zero-order chi connectivity index (χ0) is 8.10. The molecule has 1 amide bonds. The highest BCUT2D eigenvalue weighted by molar-refractivity contribution is 5.78. The fraction of sp³-hybridized carbons (Fsp3) is 0.875. The largest absolute Gasteiger partial charge is 0.355 e. The van der Waals surface area contributed by atoms with Crippen molar-refractivity contribution in [2.75, 3.05) is 13.1 Å². The summed E-state index contributed by atoms with van der Waals surface area (Å²) in [7, 11) is 0. The van der Waals surface area contributed by atoms with Crippen LogP contribution in [0.2, 0.25) is 0 Å². The van der Waals surface area contributed by atoms with Crippen molar-refractivity contribution in [1.29, 1.82) is 0 Å². The molecule has 0 aromatic heterocycles. The molecule has 0 bridgehead atoms. The molecule has 1 aliphatic carbocycles. The Kier molecular flexibility index (Phi) is 3.36. The Balaban J connectivity index is 2.17. The Hall–Kier alpha value is -0.570. The summed E-state index contributed by atoms with van der Waals surface area (Å²) in [4.78, 5) is 11.2. The summed E-state index contributed by atoms with van der Waals surface area (Å²) < 4.78 is 0. The summed E-state index contributed by atoms with van der Waals surface area (Å²) >= 11 is 0. The normalized spacial score (nSPS) is 18.6. The van der Waals surface area contributed by atoms with E-state index in [1.54, 1.807) is 0 Å². The van der Waals surface area contributed by atoms with Gasteiger partial charge >= 0.3 is 0 Å². The van der Waals surface area contributed by atoms with Crippen molar-refractivity contribution in [3.63, 3.8) is 0 Å². The van der Waals surface area contributed by atoms with E-state index in [0.29, 0.717) is 13.1 Å². The molecule has 3 heteroatoms. The minimum absolute atomic E-state index is 0.202. The van der Waals surface area contributed by atoms with Crippen LogP contribution < -0.4 is 11.1 Å². The second kappa shape index (κ2) is 4.34. The highest BCUT2D eigenvalue weighted by Gasteiger charge is 2.21. The van der Waals surface area contributed by atoms with Crippen LogP contribution in [0.1, 0.15) is 25.7 Å². The second-order valence-corrected chi connectivity index (χ2v) is 3.06. The molecule has 11 heavy (non-hydrogen) atoms. The predicted molar refractivity (Wildman–Crippen MR) is 44.0 cm³/mol. The number of nitrogens with two attached hydrogens (primary N) is 1. The van der Waals surface area contributed by atoms with Gasteiger partial charge in [0.1, 0.15) is 0 Å². The van der Waals surface area contributed by atoms with Crippen molar-refractivity contribution < 1.29 is 4.79 Å². The number of carbonyl (C=O) groups is 1. The van der Waals surface area contributed by atoms with Crippen LogP contribution in [0, 0.1) is 5.92 Å².